The Morgan fingerprint density at radius 2 is 2.25 bits per heavy atom. The highest BCUT2D eigenvalue weighted by atomic mass is 16.5. The molecule has 0 N–H and O–H groups in total. The minimum atomic E-state index is -0.643. The van der Waals surface area contributed by atoms with Crippen molar-refractivity contribution >= 4 is 5.78 Å². The molecule has 0 atom stereocenters. The molecular weight excluding hydrogens is 152 g/mol. The van der Waals surface area contributed by atoms with Crippen LogP contribution >= 0.6 is 0 Å². The Kier molecular flexibility index (Phi) is 2.55. The number of Topliss-reactive ketones (excluding diaryl/α,β-unsaturated/α-hetero) is 1. The summed E-state index contributed by atoms with van der Waals surface area (Å²) in [6, 6.07) is 0. The van der Waals surface area contributed by atoms with Crippen molar-refractivity contribution in [1.82, 2.24) is 0 Å². The summed E-state index contributed by atoms with van der Waals surface area (Å²) in [6.45, 7) is 5.19. The standard InChI is InChI=1S/C10H16O2/c1-8(11)10(2,3)12-9-6-4-5-7-9/h6H,4-5,7H2,1-3H3. The topological polar surface area (TPSA) is 26.3 Å². The fourth-order valence-electron chi connectivity index (χ4n) is 1.13. The van der Waals surface area contributed by atoms with E-state index in [-0.39, 0.29) is 5.78 Å². The average molecular weight is 168 g/mol. The minimum absolute atomic E-state index is 0.0790. The molecule has 2 nitrogen and oxygen atoms in total. The first-order chi connectivity index (χ1) is 5.52. The van der Waals surface area contributed by atoms with E-state index in [2.05, 4.69) is 6.08 Å². The molecule has 2 heteroatoms. The van der Waals surface area contributed by atoms with E-state index >= 15 is 0 Å². The van der Waals surface area contributed by atoms with E-state index in [1.54, 1.807) is 6.92 Å². The summed E-state index contributed by atoms with van der Waals surface area (Å²) in [5.74, 6) is 1.06. The molecule has 1 aliphatic rings. The maximum Gasteiger partial charge on any atom is 0.172 e. The third kappa shape index (κ3) is 2.10. The van der Waals surface area contributed by atoms with Crippen LogP contribution in [0.5, 0.6) is 0 Å². The van der Waals surface area contributed by atoms with Crippen LogP contribution in [0.1, 0.15) is 40.0 Å². The van der Waals surface area contributed by atoms with Gasteiger partial charge in [-0.25, -0.2) is 0 Å². The molecular formula is C10H16O2. The number of carbonyl (C=O) groups is 1. The SMILES string of the molecule is CC(=O)C(C)(C)OC1=CCCC1. The first-order valence-corrected chi connectivity index (χ1v) is 4.41. The number of carbonyl (C=O) groups excluding carboxylic acids is 1. The molecule has 0 saturated heterocycles. The van der Waals surface area contributed by atoms with Gasteiger partial charge >= 0.3 is 0 Å². The van der Waals surface area contributed by atoms with Crippen LogP contribution < -0.4 is 0 Å². The molecule has 0 saturated carbocycles. The zero-order valence-electron chi connectivity index (χ0n) is 8.02. The van der Waals surface area contributed by atoms with Crippen LogP contribution in [0.25, 0.3) is 0 Å². The van der Waals surface area contributed by atoms with E-state index in [4.69, 9.17) is 4.74 Å². The van der Waals surface area contributed by atoms with E-state index in [9.17, 15) is 4.79 Å². The maximum absolute atomic E-state index is 11.1. The molecule has 0 radical (unpaired) electrons. The molecule has 0 aromatic carbocycles. The Hall–Kier alpha value is -0.790. The van der Waals surface area contributed by atoms with Crippen molar-refractivity contribution in [2.24, 2.45) is 0 Å². The molecule has 12 heavy (non-hydrogen) atoms. The molecule has 0 spiro atoms. The Morgan fingerprint density at radius 3 is 2.67 bits per heavy atom. The summed E-state index contributed by atoms with van der Waals surface area (Å²) >= 11 is 0. The average Bonchev–Trinajstić information content (AvgIpc) is 2.38. The molecule has 0 aromatic heterocycles. The summed E-state index contributed by atoms with van der Waals surface area (Å²) in [4.78, 5) is 11.1. The Bertz CT molecular complexity index is 214. The fraction of sp³-hybridized carbons (Fsp3) is 0.700. The van der Waals surface area contributed by atoms with Gasteiger partial charge in [0.1, 0.15) is 0 Å². The molecule has 1 rings (SSSR count). The van der Waals surface area contributed by atoms with Crippen molar-refractivity contribution in [2.75, 3.05) is 0 Å². The largest absolute Gasteiger partial charge is 0.485 e. The van der Waals surface area contributed by atoms with E-state index in [0.717, 1.165) is 25.0 Å². The smallest absolute Gasteiger partial charge is 0.172 e. The lowest BCUT2D eigenvalue weighted by Crippen LogP contribution is -2.32. The Labute approximate surface area is 73.6 Å². The van der Waals surface area contributed by atoms with Gasteiger partial charge in [0.15, 0.2) is 11.4 Å². The summed E-state index contributed by atoms with van der Waals surface area (Å²) in [7, 11) is 0. The predicted molar refractivity (Wildman–Crippen MR) is 47.8 cm³/mol. The van der Waals surface area contributed by atoms with Crippen molar-refractivity contribution < 1.29 is 9.53 Å². The molecule has 0 unspecified atom stereocenters. The summed E-state index contributed by atoms with van der Waals surface area (Å²) in [5.41, 5.74) is -0.643. The highest BCUT2D eigenvalue weighted by Crippen LogP contribution is 2.24. The highest BCUT2D eigenvalue weighted by Gasteiger charge is 2.26. The van der Waals surface area contributed by atoms with Gasteiger partial charge in [0, 0.05) is 6.42 Å². The third-order valence-electron chi connectivity index (χ3n) is 2.23. The van der Waals surface area contributed by atoms with Crippen LogP contribution in [0.15, 0.2) is 11.8 Å². The first kappa shape index (κ1) is 9.30. The van der Waals surface area contributed by atoms with Gasteiger partial charge in [0.25, 0.3) is 0 Å². The van der Waals surface area contributed by atoms with Crippen LogP contribution in [0.4, 0.5) is 0 Å². The second-order valence-corrected chi connectivity index (χ2v) is 3.73. The number of hydrogen-bond donors (Lipinski definition) is 0. The zero-order chi connectivity index (χ0) is 9.19. The molecule has 1 aliphatic carbocycles. The second-order valence-electron chi connectivity index (χ2n) is 3.73. The Balaban J connectivity index is 2.54. The zero-order valence-corrected chi connectivity index (χ0v) is 8.02. The van der Waals surface area contributed by atoms with Gasteiger partial charge in [-0.1, -0.05) is 0 Å². The van der Waals surface area contributed by atoms with Gasteiger partial charge in [-0.05, 0) is 39.7 Å². The quantitative estimate of drug-likeness (QED) is 0.647. The van der Waals surface area contributed by atoms with Gasteiger partial charge < -0.3 is 4.74 Å². The highest BCUT2D eigenvalue weighted by molar-refractivity contribution is 5.84. The second kappa shape index (κ2) is 3.30. The predicted octanol–water partition coefficient (Wildman–Crippen LogP) is 2.44. The van der Waals surface area contributed by atoms with Crippen LogP contribution in [0, 0.1) is 0 Å². The van der Waals surface area contributed by atoms with Crippen molar-refractivity contribution in [3.8, 4) is 0 Å². The van der Waals surface area contributed by atoms with Crippen molar-refractivity contribution in [3.05, 3.63) is 11.8 Å². The molecule has 0 aliphatic heterocycles. The monoisotopic (exact) mass is 168 g/mol. The van der Waals surface area contributed by atoms with Crippen LogP contribution in [-0.2, 0) is 9.53 Å². The molecule has 0 bridgehead atoms. The molecule has 0 heterocycles. The first-order valence-electron chi connectivity index (χ1n) is 4.41. The summed E-state index contributed by atoms with van der Waals surface area (Å²) < 4.78 is 5.57. The lowest BCUT2D eigenvalue weighted by molar-refractivity contribution is -0.133. The van der Waals surface area contributed by atoms with Crippen molar-refractivity contribution in [3.63, 3.8) is 0 Å². The van der Waals surface area contributed by atoms with E-state index < -0.39 is 5.60 Å². The summed E-state index contributed by atoms with van der Waals surface area (Å²) in [6.07, 6.45) is 5.30. The number of ketones is 1. The third-order valence-corrected chi connectivity index (χ3v) is 2.23. The molecule has 0 amide bonds. The number of allylic oxidation sites excluding steroid dienone is 2. The summed E-state index contributed by atoms with van der Waals surface area (Å²) in [5, 5.41) is 0. The molecule has 0 fully saturated rings. The lowest BCUT2D eigenvalue weighted by Gasteiger charge is -2.23. The van der Waals surface area contributed by atoms with Gasteiger partial charge in [-0.3, -0.25) is 4.79 Å². The lowest BCUT2D eigenvalue weighted by atomic mass is 10.1. The van der Waals surface area contributed by atoms with Gasteiger partial charge in [0.2, 0.25) is 0 Å². The Morgan fingerprint density at radius 1 is 1.58 bits per heavy atom. The molecule has 68 valence electrons. The van der Waals surface area contributed by atoms with Crippen molar-refractivity contribution in [2.45, 2.75) is 45.6 Å². The van der Waals surface area contributed by atoms with E-state index in [1.165, 1.54) is 0 Å². The van der Waals surface area contributed by atoms with E-state index in [0.29, 0.717) is 0 Å². The van der Waals surface area contributed by atoms with Crippen LogP contribution in [0.2, 0.25) is 0 Å². The normalized spacial score (nSPS) is 17.4. The number of ether oxygens (including phenoxy) is 1. The van der Waals surface area contributed by atoms with Crippen molar-refractivity contribution in [1.29, 1.82) is 0 Å². The number of rotatable bonds is 3. The van der Waals surface area contributed by atoms with E-state index in [1.807, 2.05) is 13.8 Å². The van der Waals surface area contributed by atoms with Gasteiger partial charge in [-0.15, -0.1) is 0 Å². The molecule has 0 aromatic rings. The minimum Gasteiger partial charge on any atom is -0.485 e. The van der Waals surface area contributed by atoms with Crippen LogP contribution in [0.3, 0.4) is 0 Å². The maximum atomic E-state index is 11.1. The van der Waals surface area contributed by atoms with Gasteiger partial charge in [0.05, 0.1) is 5.76 Å². The van der Waals surface area contributed by atoms with Gasteiger partial charge in [-0.2, -0.15) is 0 Å². The fourth-order valence-corrected chi connectivity index (χ4v) is 1.13. The number of hydrogen-bond acceptors (Lipinski definition) is 2. The van der Waals surface area contributed by atoms with Crippen LogP contribution in [-0.4, -0.2) is 11.4 Å².